The molecule has 0 N–H and O–H groups in total. The van der Waals surface area contributed by atoms with Crippen LogP contribution >= 0.6 is 0 Å². The molecule has 1 amide bonds. The number of allylic oxidation sites excluding steroid dienone is 1. The fourth-order valence-corrected chi connectivity index (χ4v) is 3.88. The number of anilines is 1. The number of hydrogen-bond donors (Lipinski definition) is 0. The van der Waals surface area contributed by atoms with Crippen molar-refractivity contribution in [3.8, 4) is 5.75 Å². The van der Waals surface area contributed by atoms with Gasteiger partial charge in [-0.1, -0.05) is 48.5 Å². The molecule has 2 aliphatic heterocycles. The lowest BCUT2D eigenvalue weighted by Crippen LogP contribution is -2.24. The number of halogens is 1. The summed E-state index contributed by atoms with van der Waals surface area (Å²) in [6.45, 7) is 3.98. The number of amides is 1. The predicted molar refractivity (Wildman–Crippen MR) is 124 cm³/mol. The number of rotatable bonds is 4. The van der Waals surface area contributed by atoms with E-state index in [2.05, 4.69) is 16.7 Å². The number of alkyl halides is 1. The minimum Gasteiger partial charge on any atom is -0.491 e. The van der Waals surface area contributed by atoms with Crippen LogP contribution in [0.3, 0.4) is 0 Å². The number of ether oxygens (including phenoxy) is 1. The molecule has 0 unspecified atom stereocenters. The zero-order valence-corrected chi connectivity index (χ0v) is 18.4. The summed E-state index contributed by atoms with van der Waals surface area (Å²) in [5, 5.41) is 4.19. The molecule has 0 spiro atoms. The van der Waals surface area contributed by atoms with Crippen LogP contribution in [-0.2, 0) is 4.79 Å². The van der Waals surface area contributed by atoms with E-state index in [9.17, 15) is 14.0 Å². The molecule has 3 heterocycles. The van der Waals surface area contributed by atoms with Gasteiger partial charge in [-0.05, 0) is 17.7 Å². The van der Waals surface area contributed by atoms with Crippen LogP contribution in [0.5, 0.6) is 5.75 Å². The van der Waals surface area contributed by atoms with Crippen molar-refractivity contribution in [3.05, 3.63) is 84.5 Å². The average molecular weight is 451 g/mol. The molecule has 7 nitrogen and oxygen atoms in total. The summed E-state index contributed by atoms with van der Waals surface area (Å²) < 4.78 is 21.0. The number of benzene rings is 2. The van der Waals surface area contributed by atoms with Crippen LogP contribution in [0.4, 0.5) is 10.1 Å². The van der Waals surface area contributed by atoms with Gasteiger partial charge < -0.3 is 9.64 Å². The molecular formula is C25H27FN4O3. The minimum absolute atomic E-state index is 0. The van der Waals surface area contributed by atoms with Gasteiger partial charge in [0.15, 0.2) is 12.0 Å². The number of para-hydroxylation sites is 2. The Morgan fingerprint density at radius 2 is 1.97 bits per heavy atom. The summed E-state index contributed by atoms with van der Waals surface area (Å²) in [7, 11) is 1.77. The number of carbonyl (C=O) groups excluding carboxylic acids is 2. The normalized spacial score (nSPS) is 18.8. The maximum Gasteiger partial charge on any atom is 0.230 e. The van der Waals surface area contributed by atoms with Crippen molar-refractivity contribution in [1.82, 2.24) is 14.8 Å². The van der Waals surface area contributed by atoms with Gasteiger partial charge in [0.25, 0.3) is 0 Å². The van der Waals surface area contributed by atoms with Crippen LogP contribution in [0.2, 0.25) is 0 Å². The van der Waals surface area contributed by atoms with Crippen LogP contribution in [0.25, 0.3) is 0 Å². The minimum atomic E-state index is -1.18. The first kappa shape index (κ1) is 22.4. The Hall–Kier alpha value is -3.81. The summed E-state index contributed by atoms with van der Waals surface area (Å²) in [5.41, 5.74) is 1.83. The highest BCUT2D eigenvalue weighted by Crippen LogP contribution is 2.39. The lowest BCUT2D eigenvalue weighted by atomic mass is 10.0. The van der Waals surface area contributed by atoms with E-state index in [0.717, 1.165) is 17.0 Å². The molecule has 33 heavy (non-hydrogen) atoms. The van der Waals surface area contributed by atoms with Gasteiger partial charge in [-0.2, -0.15) is 0 Å². The van der Waals surface area contributed by atoms with Gasteiger partial charge in [0.05, 0.1) is 24.8 Å². The van der Waals surface area contributed by atoms with Gasteiger partial charge in [-0.3, -0.25) is 9.59 Å². The molecule has 0 bridgehead atoms. The summed E-state index contributed by atoms with van der Waals surface area (Å²) in [6.07, 6.45) is 1.24. The molecule has 0 saturated carbocycles. The summed E-state index contributed by atoms with van der Waals surface area (Å²) in [4.78, 5) is 28.9. The number of carbonyl (C=O) groups is 2. The molecule has 5 rings (SSSR count). The van der Waals surface area contributed by atoms with Gasteiger partial charge in [0.2, 0.25) is 17.5 Å². The SMILES string of the molecule is C=CCC(=O)c1nc2n(n1)[C@H](c1ccccc1)C[C@H]2F.CN1C(=O)CCOc2ccccc21.[HH]. The Bertz CT molecular complexity index is 1170. The third-order valence-electron chi connectivity index (χ3n) is 5.60. The summed E-state index contributed by atoms with van der Waals surface area (Å²) >= 11 is 0. The monoisotopic (exact) mass is 450 g/mol. The summed E-state index contributed by atoms with van der Waals surface area (Å²) in [6, 6.07) is 17.0. The lowest BCUT2D eigenvalue weighted by Gasteiger charge is -2.15. The highest BCUT2D eigenvalue weighted by Gasteiger charge is 2.36. The molecule has 2 aliphatic rings. The number of ketones is 1. The van der Waals surface area contributed by atoms with Crippen molar-refractivity contribution in [2.75, 3.05) is 18.6 Å². The molecule has 0 aliphatic carbocycles. The molecule has 2 atom stereocenters. The smallest absolute Gasteiger partial charge is 0.230 e. The van der Waals surface area contributed by atoms with E-state index in [4.69, 9.17) is 4.74 Å². The first-order valence-electron chi connectivity index (χ1n) is 10.8. The average Bonchev–Trinajstić information content (AvgIpc) is 3.36. The highest BCUT2D eigenvalue weighted by molar-refractivity contribution is 5.95. The number of aromatic nitrogens is 3. The van der Waals surface area contributed by atoms with Crippen LogP contribution < -0.4 is 9.64 Å². The van der Waals surface area contributed by atoms with Gasteiger partial charge in [-0.15, -0.1) is 11.7 Å². The maximum atomic E-state index is 14.1. The zero-order chi connectivity index (χ0) is 23.4. The van der Waals surface area contributed by atoms with Crippen LogP contribution in [0.1, 0.15) is 54.9 Å². The molecule has 3 aromatic rings. The fraction of sp³-hybridized carbons (Fsp3) is 0.280. The van der Waals surface area contributed by atoms with Crippen molar-refractivity contribution in [2.24, 2.45) is 0 Å². The predicted octanol–water partition coefficient (Wildman–Crippen LogP) is 4.72. The highest BCUT2D eigenvalue weighted by atomic mass is 19.1. The third-order valence-corrected chi connectivity index (χ3v) is 5.60. The molecule has 8 heteroatoms. The van der Waals surface area contributed by atoms with Crippen LogP contribution in [-0.4, -0.2) is 40.1 Å². The first-order valence-corrected chi connectivity index (χ1v) is 10.8. The van der Waals surface area contributed by atoms with Crippen LogP contribution in [0, 0.1) is 0 Å². The number of fused-ring (bicyclic) bond motifs is 2. The number of hydrogen-bond acceptors (Lipinski definition) is 5. The lowest BCUT2D eigenvalue weighted by molar-refractivity contribution is -0.118. The standard InChI is InChI=1S/C15H14FN3O.C10H11NO2.H2/c1-2-6-13(20)14-17-15-11(16)9-12(19(15)18-14)10-7-4-3-5-8-10;1-11-8-4-2-3-5-9(8)13-7-6-10(11)12;/h2-5,7-8,11-12H,1,6,9H2;2-5H,6-7H2,1H3;1H/t11-,12+;;/m1../s1. The van der Waals surface area contributed by atoms with E-state index in [-0.39, 0.29) is 37.2 Å². The summed E-state index contributed by atoms with van der Waals surface area (Å²) in [5.74, 6) is 0.969. The Labute approximate surface area is 193 Å². The van der Waals surface area contributed by atoms with Gasteiger partial charge in [0, 0.05) is 21.3 Å². The van der Waals surface area contributed by atoms with Gasteiger partial charge in [-0.25, -0.2) is 14.1 Å². The maximum absolute atomic E-state index is 14.1. The fourth-order valence-electron chi connectivity index (χ4n) is 3.88. The Balaban J connectivity index is 0.000000201. The topological polar surface area (TPSA) is 77.3 Å². The second-order valence-electron chi connectivity index (χ2n) is 7.80. The molecule has 0 saturated heterocycles. The van der Waals surface area contributed by atoms with E-state index in [0.29, 0.717) is 19.4 Å². The zero-order valence-electron chi connectivity index (χ0n) is 18.4. The molecule has 2 aromatic carbocycles. The molecule has 0 fully saturated rings. The second-order valence-corrected chi connectivity index (χ2v) is 7.80. The Morgan fingerprint density at radius 3 is 2.73 bits per heavy atom. The van der Waals surface area contributed by atoms with E-state index in [1.165, 1.54) is 10.8 Å². The largest absolute Gasteiger partial charge is 0.491 e. The van der Waals surface area contributed by atoms with Gasteiger partial charge >= 0.3 is 0 Å². The third kappa shape index (κ3) is 4.69. The van der Waals surface area contributed by atoms with Crippen molar-refractivity contribution < 1.29 is 20.1 Å². The molecule has 0 radical (unpaired) electrons. The molecule has 172 valence electrons. The Kier molecular flexibility index (Phi) is 6.63. The van der Waals surface area contributed by atoms with Crippen molar-refractivity contribution in [1.29, 1.82) is 0 Å². The van der Waals surface area contributed by atoms with Crippen molar-refractivity contribution >= 4 is 17.4 Å². The molecular weight excluding hydrogens is 423 g/mol. The van der Waals surface area contributed by atoms with Crippen molar-refractivity contribution in [2.45, 2.75) is 31.5 Å². The van der Waals surface area contributed by atoms with E-state index >= 15 is 0 Å². The number of Topliss-reactive ketones (excluding diaryl/α,β-unsaturated/α-hetero) is 1. The van der Waals surface area contributed by atoms with Crippen molar-refractivity contribution in [3.63, 3.8) is 0 Å². The van der Waals surface area contributed by atoms with E-state index < -0.39 is 6.17 Å². The number of nitrogens with zero attached hydrogens (tertiary/aromatic N) is 4. The second kappa shape index (κ2) is 9.77. The van der Waals surface area contributed by atoms with Crippen LogP contribution in [0.15, 0.2) is 67.3 Å². The quantitative estimate of drug-likeness (QED) is 0.425. The van der Waals surface area contributed by atoms with Gasteiger partial charge in [0.1, 0.15) is 5.75 Å². The molecule has 1 aromatic heterocycles. The van der Waals surface area contributed by atoms with E-state index in [1.54, 1.807) is 11.9 Å². The first-order chi connectivity index (χ1) is 16.0. The Morgan fingerprint density at radius 1 is 1.24 bits per heavy atom. The van der Waals surface area contributed by atoms with E-state index in [1.807, 2.05) is 54.6 Å².